The number of nitrogens with zero attached hydrogens (tertiary/aromatic N) is 3. The van der Waals surface area contributed by atoms with Gasteiger partial charge in [-0.05, 0) is 30.7 Å². The van der Waals surface area contributed by atoms with Crippen LogP contribution in [0, 0.1) is 0 Å². The predicted octanol–water partition coefficient (Wildman–Crippen LogP) is 1.38. The van der Waals surface area contributed by atoms with Crippen molar-refractivity contribution in [2.24, 2.45) is 5.14 Å². The molecule has 0 amide bonds. The van der Waals surface area contributed by atoms with Crippen LogP contribution >= 0.6 is 11.3 Å². The number of hydrogen-bond acceptors (Lipinski definition) is 7. The van der Waals surface area contributed by atoms with Gasteiger partial charge < -0.3 is 9.64 Å². The van der Waals surface area contributed by atoms with Gasteiger partial charge in [0.25, 0.3) is 0 Å². The Kier molecular flexibility index (Phi) is 5.89. The van der Waals surface area contributed by atoms with Crippen molar-refractivity contribution in [3.8, 4) is 5.75 Å². The van der Waals surface area contributed by atoms with Crippen molar-refractivity contribution < 1.29 is 13.2 Å². The van der Waals surface area contributed by atoms with Crippen LogP contribution in [0.5, 0.6) is 5.75 Å². The summed E-state index contributed by atoms with van der Waals surface area (Å²) in [6.07, 6.45) is 2.94. The van der Waals surface area contributed by atoms with E-state index in [1.807, 2.05) is 11.6 Å². The molecule has 1 fully saturated rings. The summed E-state index contributed by atoms with van der Waals surface area (Å²) in [5.41, 5.74) is 0. The molecule has 0 unspecified atom stereocenters. The Hall–Kier alpha value is -1.68. The van der Waals surface area contributed by atoms with Gasteiger partial charge in [-0.15, -0.1) is 11.3 Å². The van der Waals surface area contributed by atoms with Crippen LogP contribution in [-0.4, -0.2) is 57.6 Å². The number of ether oxygens (including phenoxy) is 1. The zero-order valence-electron chi connectivity index (χ0n) is 13.9. The van der Waals surface area contributed by atoms with Crippen LogP contribution in [0.2, 0.25) is 0 Å². The zero-order valence-corrected chi connectivity index (χ0v) is 15.5. The second-order valence-electron chi connectivity index (χ2n) is 5.86. The lowest BCUT2D eigenvalue weighted by molar-refractivity contribution is 0.218. The molecule has 1 aliphatic heterocycles. The Bertz CT molecular complexity index is 763. The number of rotatable bonds is 6. The minimum absolute atomic E-state index is 0.0923. The predicted molar refractivity (Wildman–Crippen MR) is 98.7 cm³/mol. The topological polar surface area (TPSA) is 88.8 Å². The van der Waals surface area contributed by atoms with Gasteiger partial charge in [0.15, 0.2) is 5.13 Å². The number of hydrogen-bond donors (Lipinski definition) is 1. The van der Waals surface area contributed by atoms with E-state index < -0.39 is 10.0 Å². The van der Waals surface area contributed by atoms with Crippen molar-refractivity contribution in [2.75, 3.05) is 44.2 Å². The first-order valence-electron chi connectivity index (χ1n) is 8.15. The molecule has 0 atom stereocenters. The summed E-state index contributed by atoms with van der Waals surface area (Å²) in [5.74, 6) is 0.645. The molecule has 136 valence electrons. The lowest BCUT2D eigenvalue weighted by Crippen LogP contribution is -2.33. The van der Waals surface area contributed by atoms with Gasteiger partial charge in [-0.3, -0.25) is 4.90 Å². The van der Waals surface area contributed by atoms with Crippen molar-refractivity contribution in [3.05, 3.63) is 35.8 Å². The zero-order chi connectivity index (χ0) is 17.7. The molecule has 1 aliphatic rings. The number of thiazole rings is 1. The molecule has 7 nitrogen and oxygen atoms in total. The molecule has 0 bridgehead atoms. The first kappa shape index (κ1) is 18.1. The molecule has 2 aromatic rings. The van der Waals surface area contributed by atoms with E-state index >= 15 is 0 Å². The number of benzene rings is 1. The quantitative estimate of drug-likeness (QED) is 0.812. The Labute approximate surface area is 152 Å². The summed E-state index contributed by atoms with van der Waals surface area (Å²) in [7, 11) is -3.66. The minimum Gasteiger partial charge on any atom is -0.492 e. The number of sulfonamides is 1. The molecule has 2 heterocycles. The fourth-order valence-electron chi connectivity index (χ4n) is 2.78. The number of aromatic nitrogens is 1. The highest BCUT2D eigenvalue weighted by atomic mass is 32.2. The Morgan fingerprint density at radius 2 is 1.96 bits per heavy atom. The summed E-state index contributed by atoms with van der Waals surface area (Å²) in [4.78, 5) is 9.19. The van der Waals surface area contributed by atoms with Gasteiger partial charge >= 0.3 is 0 Å². The summed E-state index contributed by atoms with van der Waals surface area (Å²) in [5, 5.41) is 8.18. The normalized spacial score (nSPS) is 16.6. The molecule has 0 spiro atoms. The molecule has 1 aromatic carbocycles. The standard InChI is InChI=1S/C16H22N4O3S2/c17-25(21,22)15-4-2-14(3-5-15)23-12-11-19-7-1-8-20(10-9-19)16-18-6-13-24-16/h2-6,13H,1,7-12H2,(H2,17,21,22). The molecule has 0 saturated carbocycles. The van der Waals surface area contributed by atoms with Crippen LogP contribution in [0.3, 0.4) is 0 Å². The molecular weight excluding hydrogens is 360 g/mol. The van der Waals surface area contributed by atoms with Crippen LogP contribution in [0.15, 0.2) is 40.7 Å². The highest BCUT2D eigenvalue weighted by molar-refractivity contribution is 7.89. The van der Waals surface area contributed by atoms with E-state index in [0.29, 0.717) is 12.4 Å². The van der Waals surface area contributed by atoms with E-state index in [9.17, 15) is 8.42 Å². The fraction of sp³-hybridized carbons (Fsp3) is 0.438. The number of anilines is 1. The Balaban J connectivity index is 1.44. The van der Waals surface area contributed by atoms with Crippen molar-refractivity contribution >= 4 is 26.5 Å². The van der Waals surface area contributed by atoms with Crippen molar-refractivity contribution in [3.63, 3.8) is 0 Å². The van der Waals surface area contributed by atoms with Crippen molar-refractivity contribution in [2.45, 2.75) is 11.3 Å². The minimum atomic E-state index is -3.66. The highest BCUT2D eigenvalue weighted by Gasteiger charge is 2.16. The van der Waals surface area contributed by atoms with E-state index in [1.54, 1.807) is 23.5 Å². The molecule has 0 aliphatic carbocycles. The molecule has 1 aromatic heterocycles. The molecule has 3 rings (SSSR count). The van der Waals surface area contributed by atoms with Gasteiger partial charge in [-0.2, -0.15) is 0 Å². The van der Waals surface area contributed by atoms with E-state index in [2.05, 4.69) is 14.8 Å². The second kappa shape index (κ2) is 8.13. The largest absolute Gasteiger partial charge is 0.492 e. The summed E-state index contributed by atoms with van der Waals surface area (Å²) >= 11 is 1.68. The smallest absolute Gasteiger partial charge is 0.238 e. The van der Waals surface area contributed by atoms with Gasteiger partial charge in [-0.25, -0.2) is 18.5 Å². The maximum atomic E-state index is 11.2. The van der Waals surface area contributed by atoms with Crippen LogP contribution in [0.25, 0.3) is 0 Å². The molecule has 0 radical (unpaired) electrons. The summed E-state index contributed by atoms with van der Waals surface area (Å²) in [6, 6.07) is 6.18. The fourth-order valence-corrected chi connectivity index (χ4v) is 3.99. The van der Waals surface area contributed by atoms with E-state index in [1.165, 1.54) is 12.1 Å². The van der Waals surface area contributed by atoms with E-state index in [0.717, 1.165) is 44.3 Å². The monoisotopic (exact) mass is 382 g/mol. The first-order chi connectivity index (χ1) is 12.0. The third-order valence-corrected chi connectivity index (χ3v) is 5.87. The van der Waals surface area contributed by atoms with Crippen LogP contribution in [0.4, 0.5) is 5.13 Å². The Morgan fingerprint density at radius 1 is 1.16 bits per heavy atom. The lowest BCUT2D eigenvalue weighted by atomic mass is 10.3. The van der Waals surface area contributed by atoms with Crippen molar-refractivity contribution in [1.29, 1.82) is 0 Å². The molecule has 25 heavy (non-hydrogen) atoms. The highest BCUT2D eigenvalue weighted by Crippen LogP contribution is 2.19. The van der Waals surface area contributed by atoms with Gasteiger partial charge in [0.1, 0.15) is 12.4 Å². The number of nitrogens with two attached hydrogens (primary N) is 1. The van der Waals surface area contributed by atoms with Crippen molar-refractivity contribution in [1.82, 2.24) is 9.88 Å². The number of primary sulfonamides is 1. The van der Waals surface area contributed by atoms with Gasteiger partial charge in [0, 0.05) is 44.3 Å². The Morgan fingerprint density at radius 3 is 2.64 bits per heavy atom. The SMILES string of the molecule is NS(=O)(=O)c1ccc(OCCN2CCCN(c3nccs3)CC2)cc1. The van der Waals surface area contributed by atoms with Crippen LogP contribution < -0.4 is 14.8 Å². The third-order valence-electron chi connectivity index (χ3n) is 4.11. The molecular formula is C16H22N4O3S2. The maximum absolute atomic E-state index is 11.2. The summed E-state index contributed by atoms with van der Waals surface area (Å²) in [6.45, 7) is 5.41. The molecule has 1 saturated heterocycles. The van der Waals surface area contributed by atoms with Gasteiger partial charge in [0.2, 0.25) is 10.0 Å². The molecule has 2 N–H and O–H groups in total. The van der Waals surface area contributed by atoms with Gasteiger partial charge in [-0.1, -0.05) is 0 Å². The first-order valence-corrected chi connectivity index (χ1v) is 10.6. The second-order valence-corrected chi connectivity index (χ2v) is 8.30. The molecule has 9 heteroatoms. The average molecular weight is 383 g/mol. The average Bonchev–Trinajstić information content (AvgIpc) is 3.01. The third kappa shape index (κ3) is 5.15. The van der Waals surface area contributed by atoms with E-state index in [4.69, 9.17) is 9.88 Å². The lowest BCUT2D eigenvalue weighted by Gasteiger charge is -2.21. The summed E-state index contributed by atoms with van der Waals surface area (Å²) < 4.78 is 28.2. The van der Waals surface area contributed by atoms with E-state index in [-0.39, 0.29) is 4.90 Å². The van der Waals surface area contributed by atoms with Crippen LogP contribution in [-0.2, 0) is 10.0 Å². The van der Waals surface area contributed by atoms with Crippen LogP contribution in [0.1, 0.15) is 6.42 Å². The maximum Gasteiger partial charge on any atom is 0.238 e. The van der Waals surface area contributed by atoms with Gasteiger partial charge in [0.05, 0.1) is 4.90 Å².